The number of aromatic carboxylic acids is 1. The minimum Gasteiger partial charge on any atom is -0.478 e. The zero-order valence-electron chi connectivity index (χ0n) is 11.6. The van der Waals surface area contributed by atoms with E-state index in [0.717, 1.165) is 24.8 Å². The third-order valence-electron chi connectivity index (χ3n) is 4.27. The molecular formula is C15H18N2O3. The van der Waals surface area contributed by atoms with Crippen molar-refractivity contribution in [2.24, 2.45) is 5.41 Å². The quantitative estimate of drug-likeness (QED) is 0.884. The Hall–Kier alpha value is -2.04. The van der Waals surface area contributed by atoms with E-state index in [4.69, 9.17) is 5.11 Å². The summed E-state index contributed by atoms with van der Waals surface area (Å²) in [4.78, 5) is 25.9. The maximum atomic E-state index is 12.2. The number of carboxylic acids is 1. The number of H-pyrrole nitrogens is 1. The Kier molecular flexibility index (Phi) is 2.74. The molecule has 1 aromatic heterocycles. The molecule has 0 radical (unpaired) electrons. The van der Waals surface area contributed by atoms with Gasteiger partial charge in [-0.2, -0.15) is 0 Å². The molecule has 1 aliphatic carbocycles. The summed E-state index contributed by atoms with van der Waals surface area (Å²) in [6.07, 6.45) is 3.06. The van der Waals surface area contributed by atoms with Crippen LogP contribution < -0.4 is 5.69 Å². The first kappa shape index (κ1) is 13.0. The van der Waals surface area contributed by atoms with Crippen molar-refractivity contribution in [1.29, 1.82) is 0 Å². The summed E-state index contributed by atoms with van der Waals surface area (Å²) < 4.78 is 1.79. The highest BCUT2D eigenvalue weighted by Gasteiger charge is 2.33. The second-order valence-electron chi connectivity index (χ2n) is 6.40. The van der Waals surface area contributed by atoms with Gasteiger partial charge in [0.25, 0.3) is 0 Å². The predicted octanol–water partition coefficient (Wildman–Crippen LogP) is 2.78. The van der Waals surface area contributed by atoms with Crippen LogP contribution in [-0.2, 0) is 0 Å². The predicted molar refractivity (Wildman–Crippen MR) is 76.2 cm³/mol. The van der Waals surface area contributed by atoms with Crippen LogP contribution in [0.25, 0.3) is 11.0 Å². The van der Waals surface area contributed by atoms with Gasteiger partial charge in [0.2, 0.25) is 0 Å². The van der Waals surface area contributed by atoms with Crippen LogP contribution in [0.3, 0.4) is 0 Å². The number of carbonyl (C=O) groups is 1. The van der Waals surface area contributed by atoms with Crippen LogP contribution in [0.1, 0.15) is 49.5 Å². The maximum Gasteiger partial charge on any atom is 0.335 e. The van der Waals surface area contributed by atoms with Crippen molar-refractivity contribution in [2.75, 3.05) is 0 Å². The average molecular weight is 274 g/mol. The van der Waals surface area contributed by atoms with Crippen molar-refractivity contribution in [3.05, 3.63) is 34.2 Å². The maximum absolute atomic E-state index is 12.2. The molecule has 0 amide bonds. The smallest absolute Gasteiger partial charge is 0.335 e. The van der Waals surface area contributed by atoms with E-state index in [1.165, 1.54) is 6.07 Å². The number of benzene rings is 1. The lowest BCUT2D eigenvalue weighted by atomic mass is 9.92. The van der Waals surface area contributed by atoms with Crippen LogP contribution in [0, 0.1) is 5.41 Å². The van der Waals surface area contributed by atoms with Crippen molar-refractivity contribution >= 4 is 17.0 Å². The molecule has 1 saturated carbocycles. The molecule has 2 N–H and O–H groups in total. The van der Waals surface area contributed by atoms with Crippen LogP contribution in [0.2, 0.25) is 0 Å². The Balaban J connectivity index is 2.10. The van der Waals surface area contributed by atoms with Crippen LogP contribution in [0.5, 0.6) is 0 Å². The van der Waals surface area contributed by atoms with Crippen LogP contribution in [0.4, 0.5) is 0 Å². The third kappa shape index (κ3) is 2.03. The van der Waals surface area contributed by atoms with E-state index in [2.05, 4.69) is 18.8 Å². The number of imidazole rings is 1. The Bertz CT molecular complexity index is 739. The van der Waals surface area contributed by atoms with E-state index in [9.17, 15) is 9.59 Å². The molecule has 1 aromatic carbocycles. The summed E-state index contributed by atoms with van der Waals surface area (Å²) in [5.41, 5.74) is 1.69. The summed E-state index contributed by atoms with van der Waals surface area (Å²) in [5, 5.41) is 9.00. The van der Waals surface area contributed by atoms with Crippen LogP contribution in [0.15, 0.2) is 23.0 Å². The van der Waals surface area contributed by atoms with E-state index in [0.29, 0.717) is 5.52 Å². The van der Waals surface area contributed by atoms with Gasteiger partial charge in [0.15, 0.2) is 0 Å². The van der Waals surface area contributed by atoms with Gasteiger partial charge < -0.3 is 10.1 Å². The summed E-state index contributed by atoms with van der Waals surface area (Å²) in [7, 11) is 0. The number of nitrogens with zero attached hydrogens (tertiary/aromatic N) is 1. The first-order valence-corrected chi connectivity index (χ1v) is 6.85. The Morgan fingerprint density at radius 1 is 1.45 bits per heavy atom. The molecule has 1 unspecified atom stereocenters. The summed E-state index contributed by atoms with van der Waals surface area (Å²) in [6.45, 7) is 4.44. The lowest BCUT2D eigenvalue weighted by Crippen LogP contribution is -2.21. The van der Waals surface area contributed by atoms with E-state index in [-0.39, 0.29) is 22.7 Å². The number of nitrogens with one attached hydrogen (secondary N) is 1. The number of aromatic nitrogens is 2. The van der Waals surface area contributed by atoms with E-state index < -0.39 is 5.97 Å². The highest BCUT2D eigenvalue weighted by atomic mass is 16.4. The van der Waals surface area contributed by atoms with Gasteiger partial charge >= 0.3 is 11.7 Å². The molecule has 3 rings (SSSR count). The first-order chi connectivity index (χ1) is 9.37. The number of hydrogen-bond donors (Lipinski definition) is 2. The standard InChI is InChI=1S/C15H18N2O3/c1-15(2)6-5-10(8-15)17-12-4-3-9(13(18)19)7-11(12)16-14(17)20/h3-4,7,10H,5-6,8H2,1-2H3,(H,16,20)(H,18,19). The number of carboxylic acid groups (broad SMARTS) is 1. The molecule has 5 heteroatoms. The lowest BCUT2D eigenvalue weighted by Gasteiger charge is -2.17. The van der Waals surface area contributed by atoms with Crippen molar-refractivity contribution < 1.29 is 9.90 Å². The molecule has 20 heavy (non-hydrogen) atoms. The minimum atomic E-state index is -0.984. The topological polar surface area (TPSA) is 75.1 Å². The molecule has 0 aliphatic heterocycles. The van der Waals surface area contributed by atoms with Crippen LogP contribution in [-0.4, -0.2) is 20.6 Å². The van der Waals surface area contributed by atoms with Gasteiger partial charge in [-0.25, -0.2) is 9.59 Å². The second kappa shape index (κ2) is 4.23. The SMILES string of the molecule is CC1(C)CCC(n2c(=O)[nH]c3cc(C(=O)O)ccc32)C1. The second-order valence-corrected chi connectivity index (χ2v) is 6.40. The van der Waals surface area contributed by atoms with E-state index >= 15 is 0 Å². The zero-order valence-corrected chi connectivity index (χ0v) is 11.6. The van der Waals surface area contributed by atoms with Crippen LogP contribution >= 0.6 is 0 Å². The van der Waals surface area contributed by atoms with Gasteiger partial charge in [-0.1, -0.05) is 13.8 Å². The van der Waals surface area contributed by atoms with Gasteiger partial charge in [-0.15, -0.1) is 0 Å². The fourth-order valence-corrected chi connectivity index (χ4v) is 3.25. The molecule has 106 valence electrons. The number of hydrogen-bond acceptors (Lipinski definition) is 2. The number of aromatic amines is 1. The normalized spacial score (nSPS) is 21.4. The molecule has 0 spiro atoms. The van der Waals surface area contributed by atoms with Gasteiger partial charge in [-0.3, -0.25) is 4.57 Å². The van der Waals surface area contributed by atoms with Crippen molar-refractivity contribution in [2.45, 2.75) is 39.2 Å². The molecule has 1 fully saturated rings. The minimum absolute atomic E-state index is 0.148. The average Bonchev–Trinajstić information content (AvgIpc) is 2.86. The Labute approximate surface area is 116 Å². The third-order valence-corrected chi connectivity index (χ3v) is 4.27. The fraction of sp³-hybridized carbons (Fsp3) is 0.467. The monoisotopic (exact) mass is 274 g/mol. The molecular weight excluding hydrogens is 256 g/mol. The number of rotatable bonds is 2. The molecule has 2 aromatic rings. The molecule has 1 aliphatic rings. The van der Waals surface area contributed by atoms with Crippen molar-refractivity contribution in [3.8, 4) is 0 Å². The summed E-state index contributed by atoms with van der Waals surface area (Å²) in [5.74, 6) is -0.984. The first-order valence-electron chi connectivity index (χ1n) is 6.85. The summed E-state index contributed by atoms with van der Waals surface area (Å²) in [6, 6.07) is 4.99. The van der Waals surface area contributed by atoms with E-state index in [1.807, 2.05) is 0 Å². The van der Waals surface area contributed by atoms with Crippen molar-refractivity contribution in [1.82, 2.24) is 9.55 Å². The molecule has 1 atom stereocenters. The highest BCUT2D eigenvalue weighted by molar-refractivity contribution is 5.92. The fourth-order valence-electron chi connectivity index (χ4n) is 3.25. The van der Waals surface area contributed by atoms with Crippen molar-refractivity contribution in [3.63, 3.8) is 0 Å². The Morgan fingerprint density at radius 3 is 2.80 bits per heavy atom. The van der Waals surface area contributed by atoms with Gasteiger partial charge in [0, 0.05) is 6.04 Å². The van der Waals surface area contributed by atoms with Gasteiger partial charge in [0.05, 0.1) is 16.6 Å². The summed E-state index contributed by atoms with van der Waals surface area (Å²) >= 11 is 0. The largest absolute Gasteiger partial charge is 0.478 e. The lowest BCUT2D eigenvalue weighted by molar-refractivity contribution is 0.0697. The van der Waals surface area contributed by atoms with Gasteiger partial charge in [-0.05, 0) is 42.9 Å². The van der Waals surface area contributed by atoms with E-state index in [1.54, 1.807) is 16.7 Å². The Morgan fingerprint density at radius 2 is 2.20 bits per heavy atom. The highest BCUT2D eigenvalue weighted by Crippen LogP contribution is 2.43. The number of fused-ring (bicyclic) bond motifs is 1. The molecule has 5 nitrogen and oxygen atoms in total. The van der Waals surface area contributed by atoms with Gasteiger partial charge in [0.1, 0.15) is 0 Å². The molecule has 0 saturated heterocycles. The zero-order chi connectivity index (χ0) is 14.5. The molecule has 1 heterocycles. The molecule has 0 bridgehead atoms.